The number of aromatic nitrogens is 3. The van der Waals surface area contributed by atoms with Crippen LogP contribution in [0.2, 0.25) is 0 Å². The maximum Gasteiger partial charge on any atom is 0.418 e. The van der Waals surface area contributed by atoms with Crippen molar-refractivity contribution in [3.05, 3.63) is 41.7 Å². The van der Waals surface area contributed by atoms with E-state index in [0.29, 0.717) is 0 Å². The number of amides is 2. The second-order valence-corrected chi connectivity index (χ2v) is 8.29. The predicted octanol–water partition coefficient (Wildman–Crippen LogP) is 2.63. The SMILES string of the molecule is C[C@@H]1COC(C)(C)C(=O)N1c1cc(-c2cc(C(F)(F)F)c3c(N)ncnn23)ccc1C(N)=O. The van der Waals surface area contributed by atoms with Gasteiger partial charge in [-0.2, -0.15) is 18.3 Å². The van der Waals surface area contributed by atoms with E-state index in [1.54, 1.807) is 20.8 Å². The van der Waals surface area contributed by atoms with Gasteiger partial charge in [0.15, 0.2) is 5.82 Å². The number of hydrogen-bond donors (Lipinski definition) is 2. The maximum absolute atomic E-state index is 13.7. The maximum atomic E-state index is 13.7. The minimum Gasteiger partial charge on any atom is -0.382 e. The van der Waals surface area contributed by atoms with E-state index in [-0.39, 0.29) is 34.9 Å². The van der Waals surface area contributed by atoms with Crippen LogP contribution in [-0.2, 0) is 15.7 Å². The molecule has 4 N–H and O–H groups in total. The standard InChI is InChI=1S/C21H21F3N6O3/c1-10-8-33-20(2,3)19(32)29(10)15-6-11(4-5-12(15)18(26)31)14-7-13(21(22,23)24)16-17(25)27-9-28-30(14)16/h4-7,9-10H,8H2,1-3H3,(H2,26,31)(H2,25,27,28)/t10-/m1/s1. The van der Waals surface area contributed by atoms with Crippen LogP contribution < -0.4 is 16.4 Å². The number of halogens is 3. The molecule has 1 fully saturated rings. The highest BCUT2D eigenvalue weighted by molar-refractivity contribution is 6.07. The summed E-state index contributed by atoms with van der Waals surface area (Å²) in [6.07, 6.45) is -3.67. The Labute approximate surface area is 186 Å². The molecule has 1 atom stereocenters. The van der Waals surface area contributed by atoms with Gasteiger partial charge in [-0.05, 0) is 39.0 Å². The summed E-state index contributed by atoms with van der Waals surface area (Å²) in [4.78, 5) is 30.3. The van der Waals surface area contributed by atoms with Gasteiger partial charge in [0.25, 0.3) is 11.8 Å². The number of nitrogens with two attached hydrogens (primary N) is 2. The molecular weight excluding hydrogens is 441 g/mol. The van der Waals surface area contributed by atoms with Crippen molar-refractivity contribution in [2.45, 2.75) is 38.6 Å². The molecule has 4 rings (SSSR count). The molecule has 1 saturated heterocycles. The van der Waals surface area contributed by atoms with Crippen molar-refractivity contribution in [1.82, 2.24) is 14.6 Å². The Morgan fingerprint density at radius 2 is 1.97 bits per heavy atom. The molecule has 1 aliphatic rings. The quantitative estimate of drug-likeness (QED) is 0.616. The average molecular weight is 462 g/mol. The molecule has 3 aromatic rings. The summed E-state index contributed by atoms with van der Waals surface area (Å²) in [5, 5.41) is 3.94. The Kier molecular flexibility index (Phi) is 5.08. The number of fused-ring (bicyclic) bond motifs is 1. The van der Waals surface area contributed by atoms with E-state index in [9.17, 15) is 22.8 Å². The summed E-state index contributed by atoms with van der Waals surface area (Å²) in [6.45, 7) is 5.11. The van der Waals surface area contributed by atoms with Gasteiger partial charge in [0.1, 0.15) is 17.4 Å². The van der Waals surface area contributed by atoms with Crippen LogP contribution in [0.4, 0.5) is 24.7 Å². The summed E-state index contributed by atoms with van der Waals surface area (Å²) in [5.41, 5.74) is 9.23. The number of morpholine rings is 1. The molecule has 174 valence electrons. The molecule has 3 heterocycles. The number of nitrogens with zero attached hydrogens (tertiary/aromatic N) is 4. The van der Waals surface area contributed by atoms with Gasteiger partial charge in [-0.15, -0.1) is 0 Å². The molecule has 0 bridgehead atoms. The number of carbonyl (C=O) groups is 2. The molecule has 2 amide bonds. The van der Waals surface area contributed by atoms with Crippen LogP contribution in [0.15, 0.2) is 30.6 Å². The first-order valence-corrected chi connectivity index (χ1v) is 9.94. The van der Waals surface area contributed by atoms with Crippen molar-refractivity contribution in [2.75, 3.05) is 17.2 Å². The molecule has 12 heteroatoms. The predicted molar refractivity (Wildman–Crippen MR) is 113 cm³/mol. The van der Waals surface area contributed by atoms with E-state index in [1.807, 2.05) is 0 Å². The van der Waals surface area contributed by atoms with E-state index in [1.165, 1.54) is 23.1 Å². The number of alkyl halides is 3. The van der Waals surface area contributed by atoms with Crippen molar-refractivity contribution >= 4 is 28.8 Å². The number of nitrogen functional groups attached to an aromatic ring is 1. The van der Waals surface area contributed by atoms with Gasteiger partial charge >= 0.3 is 6.18 Å². The molecule has 0 saturated carbocycles. The molecule has 2 aromatic heterocycles. The van der Waals surface area contributed by atoms with Crippen LogP contribution in [0.1, 0.15) is 36.7 Å². The van der Waals surface area contributed by atoms with Gasteiger partial charge in [-0.25, -0.2) is 9.50 Å². The Bertz CT molecular complexity index is 1280. The van der Waals surface area contributed by atoms with Crippen LogP contribution in [0.3, 0.4) is 0 Å². The lowest BCUT2D eigenvalue weighted by molar-refractivity contribution is -0.147. The first-order valence-electron chi connectivity index (χ1n) is 9.94. The smallest absolute Gasteiger partial charge is 0.382 e. The fraction of sp³-hybridized carbons (Fsp3) is 0.333. The van der Waals surface area contributed by atoms with Crippen LogP contribution in [0.5, 0.6) is 0 Å². The van der Waals surface area contributed by atoms with Crippen LogP contribution in [-0.4, -0.2) is 44.7 Å². The second kappa shape index (κ2) is 7.44. The summed E-state index contributed by atoms with van der Waals surface area (Å²) >= 11 is 0. The number of hydrogen-bond acceptors (Lipinski definition) is 6. The van der Waals surface area contributed by atoms with Gasteiger partial charge in [0, 0.05) is 5.56 Å². The summed E-state index contributed by atoms with van der Waals surface area (Å²) in [5.74, 6) is -1.54. The highest BCUT2D eigenvalue weighted by Crippen LogP contribution is 2.40. The molecular formula is C21H21F3N6O3. The normalized spacial score (nSPS) is 18.7. The van der Waals surface area contributed by atoms with Crippen LogP contribution in [0, 0.1) is 0 Å². The van der Waals surface area contributed by atoms with Crippen molar-refractivity contribution in [3.8, 4) is 11.3 Å². The molecule has 1 aliphatic heterocycles. The Hall–Kier alpha value is -3.67. The van der Waals surface area contributed by atoms with Gasteiger partial charge in [-0.3, -0.25) is 9.59 Å². The van der Waals surface area contributed by atoms with Crippen LogP contribution >= 0.6 is 0 Å². The van der Waals surface area contributed by atoms with Crippen molar-refractivity contribution in [3.63, 3.8) is 0 Å². The van der Waals surface area contributed by atoms with E-state index in [4.69, 9.17) is 16.2 Å². The fourth-order valence-corrected chi connectivity index (χ4v) is 3.89. The molecule has 0 radical (unpaired) electrons. The number of rotatable bonds is 3. The van der Waals surface area contributed by atoms with Crippen LogP contribution in [0.25, 0.3) is 16.8 Å². The highest BCUT2D eigenvalue weighted by Gasteiger charge is 2.42. The first-order chi connectivity index (χ1) is 15.3. The molecule has 1 aromatic carbocycles. The average Bonchev–Trinajstić information content (AvgIpc) is 3.13. The summed E-state index contributed by atoms with van der Waals surface area (Å²) in [7, 11) is 0. The highest BCUT2D eigenvalue weighted by atomic mass is 19.4. The molecule has 0 spiro atoms. The number of primary amides is 1. The number of benzene rings is 1. The Morgan fingerprint density at radius 1 is 1.27 bits per heavy atom. The molecule has 0 unspecified atom stereocenters. The number of carbonyl (C=O) groups excluding carboxylic acids is 2. The zero-order valence-corrected chi connectivity index (χ0v) is 18.0. The largest absolute Gasteiger partial charge is 0.418 e. The number of ether oxygens (including phenoxy) is 1. The third-order valence-corrected chi connectivity index (χ3v) is 5.57. The van der Waals surface area contributed by atoms with Gasteiger partial charge in [-0.1, -0.05) is 6.07 Å². The van der Waals surface area contributed by atoms with E-state index < -0.39 is 40.7 Å². The van der Waals surface area contributed by atoms with Gasteiger partial charge in [0.2, 0.25) is 0 Å². The lowest BCUT2D eigenvalue weighted by atomic mass is 9.99. The first kappa shape index (κ1) is 22.5. The van der Waals surface area contributed by atoms with Crippen molar-refractivity contribution in [1.29, 1.82) is 0 Å². The Morgan fingerprint density at radius 3 is 2.61 bits per heavy atom. The van der Waals surface area contributed by atoms with E-state index in [2.05, 4.69) is 10.1 Å². The van der Waals surface area contributed by atoms with Gasteiger partial charge < -0.3 is 21.1 Å². The minimum atomic E-state index is -4.71. The lowest BCUT2D eigenvalue weighted by Gasteiger charge is -2.42. The second-order valence-electron chi connectivity index (χ2n) is 8.29. The monoisotopic (exact) mass is 462 g/mol. The zero-order valence-electron chi connectivity index (χ0n) is 18.0. The summed E-state index contributed by atoms with van der Waals surface area (Å²) < 4.78 is 47.7. The zero-order chi connectivity index (χ0) is 24.3. The number of anilines is 2. The van der Waals surface area contributed by atoms with Crippen molar-refractivity contribution in [2.24, 2.45) is 5.73 Å². The Balaban J connectivity index is 1.97. The molecule has 33 heavy (non-hydrogen) atoms. The minimum absolute atomic E-state index is 0.0442. The van der Waals surface area contributed by atoms with E-state index >= 15 is 0 Å². The topological polar surface area (TPSA) is 129 Å². The third-order valence-electron chi connectivity index (χ3n) is 5.57. The lowest BCUT2D eigenvalue weighted by Crippen LogP contribution is -2.58. The van der Waals surface area contributed by atoms with E-state index in [0.717, 1.165) is 16.9 Å². The third kappa shape index (κ3) is 3.65. The van der Waals surface area contributed by atoms with Gasteiger partial charge in [0.05, 0.1) is 35.2 Å². The van der Waals surface area contributed by atoms with Crippen molar-refractivity contribution < 1.29 is 27.5 Å². The summed E-state index contributed by atoms with van der Waals surface area (Å²) in [6, 6.07) is 4.69. The molecule has 9 nitrogen and oxygen atoms in total. The fourth-order valence-electron chi connectivity index (χ4n) is 3.89. The molecule has 0 aliphatic carbocycles.